The maximum Gasteiger partial charge on any atom is 0.317 e. The Hall–Kier alpha value is -1.76. The first-order valence-electron chi connectivity index (χ1n) is 8.14. The largest absolute Gasteiger partial charge is 0.493 e. The van der Waals surface area contributed by atoms with Crippen LogP contribution in [0.4, 0.5) is 4.79 Å². The molecule has 24 heavy (non-hydrogen) atoms. The SMILES string of the molecule is CC1CC(C(=O)O)CN(C(=O)NC2CCOc3ccc(Br)cc32)C1. The lowest BCUT2D eigenvalue weighted by atomic mass is 9.90. The normalized spacial score (nSPS) is 26.2. The molecule has 7 heteroatoms. The second kappa shape index (κ2) is 7.01. The zero-order valence-electron chi connectivity index (χ0n) is 13.5. The molecule has 0 aromatic heterocycles. The summed E-state index contributed by atoms with van der Waals surface area (Å²) in [6, 6.07) is 5.43. The number of nitrogens with one attached hydrogen (secondary N) is 1. The highest BCUT2D eigenvalue weighted by atomic mass is 79.9. The van der Waals surface area contributed by atoms with Gasteiger partial charge in [-0.2, -0.15) is 0 Å². The molecule has 0 spiro atoms. The molecule has 130 valence electrons. The van der Waals surface area contributed by atoms with Crippen molar-refractivity contribution in [2.24, 2.45) is 11.8 Å². The van der Waals surface area contributed by atoms with Gasteiger partial charge in [0.2, 0.25) is 0 Å². The van der Waals surface area contributed by atoms with Crippen molar-refractivity contribution in [2.75, 3.05) is 19.7 Å². The van der Waals surface area contributed by atoms with Gasteiger partial charge < -0.3 is 20.1 Å². The topological polar surface area (TPSA) is 78.9 Å². The molecule has 1 aromatic carbocycles. The van der Waals surface area contributed by atoms with Gasteiger partial charge in [-0.05, 0) is 30.5 Å². The highest BCUT2D eigenvalue weighted by Gasteiger charge is 2.33. The van der Waals surface area contributed by atoms with Crippen LogP contribution in [0.15, 0.2) is 22.7 Å². The monoisotopic (exact) mass is 396 g/mol. The number of amides is 2. The van der Waals surface area contributed by atoms with E-state index in [0.717, 1.165) is 15.8 Å². The van der Waals surface area contributed by atoms with E-state index in [9.17, 15) is 14.7 Å². The van der Waals surface area contributed by atoms with Crippen molar-refractivity contribution in [3.8, 4) is 5.75 Å². The van der Waals surface area contributed by atoms with E-state index in [2.05, 4.69) is 21.2 Å². The molecule has 2 aliphatic rings. The molecule has 0 saturated carbocycles. The minimum absolute atomic E-state index is 0.126. The predicted molar refractivity (Wildman–Crippen MR) is 92.0 cm³/mol. The molecular formula is C17H21BrN2O4. The first-order valence-corrected chi connectivity index (χ1v) is 8.94. The number of carboxylic acid groups (broad SMARTS) is 1. The highest BCUT2D eigenvalue weighted by molar-refractivity contribution is 9.10. The Morgan fingerprint density at radius 2 is 2.17 bits per heavy atom. The highest BCUT2D eigenvalue weighted by Crippen LogP contribution is 2.34. The summed E-state index contributed by atoms with van der Waals surface area (Å²) in [7, 11) is 0. The summed E-state index contributed by atoms with van der Waals surface area (Å²) in [6.45, 7) is 3.38. The number of hydrogen-bond acceptors (Lipinski definition) is 3. The van der Waals surface area contributed by atoms with Crippen LogP contribution in [-0.2, 0) is 4.79 Å². The number of carbonyl (C=O) groups is 2. The van der Waals surface area contributed by atoms with Gasteiger partial charge in [0.25, 0.3) is 0 Å². The van der Waals surface area contributed by atoms with E-state index in [4.69, 9.17) is 4.74 Å². The summed E-state index contributed by atoms with van der Waals surface area (Å²) in [5.74, 6) is -0.359. The zero-order valence-corrected chi connectivity index (χ0v) is 15.1. The molecule has 2 heterocycles. The molecule has 3 rings (SSSR count). The summed E-state index contributed by atoms with van der Waals surface area (Å²) < 4.78 is 6.57. The van der Waals surface area contributed by atoms with Gasteiger partial charge in [0.1, 0.15) is 5.75 Å². The third-order valence-electron chi connectivity index (χ3n) is 4.61. The van der Waals surface area contributed by atoms with E-state index in [1.807, 2.05) is 25.1 Å². The average Bonchev–Trinajstić information content (AvgIpc) is 2.54. The van der Waals surface area contributed by atoms with Gasteiger partial charge in [-0.25, -0.2) is 4.79 Å². The lowest BCUT2D eigenvalue weighted by Gasteiger charge is -2.36. The fraction of sp³-hybridized carbons (Fsp3) is 0.529. The standard InChI is InChI=1S/C17H21BrN2O4/c1-10-6-11(16(21)22)9-20(8-10)17(23)19-14-4-5-24-15-3-2-12(18)7-13(14)15/h2-3,7,10-11,14H,4-6,8-9H2,1H3,(H,19,23)(H,21,22). The number of likely N-dealkylation sites (tertiary alicyclic amines) is 1. The number of halogens is 1. The first-order chi connectivity index (χ1) is 11.4. The summed E-state index contributed by atoms with van der Waals surface area (Å²) in [6.07, 6.45) is 1.31. The summed E-state index contributed by atoms with van der Waals surface area (Å²) in [5, 5.41) is 12.3. The Morgan fingerprint density at radius 1 is 1.38 bits per heavy atom. The maximum atomic E-state index is 12.6. The Balaban J connectivity index is 1.71. The number of carbonyl (C=O) groups excluding carboxylic acids is 1. The van der Waals surface area contributed by atoms with Crippen molar-refractivity contribution in [1.82, 2.24) is 10.2 Å². The molecule has 6 nitrogen and oxygen atoms in total. The van der Waals surface area contributed by atoms with Crippen molar-refractivity contribution in [2.45, 2.75) is 25.8 Å². The summed E-state index contributed by atoms with van der Waals surface area (Å²) in [5.41, 5.74) is 0.948. The smallest absolute Gasteiger partial charge is 0.317 e. The van der Waals surface area contributed by atoms with Crippen LogP contribution in [0.3, 0.4) is 0 Å². The molecule has 0 radical (unpaired) electrons. The van der Waals surface area contributed by atoms with Gasteiger partial charge in [-0.1, -0.05) is 22.9 Å². The van der Waals surface area contributed by atoms with E-state index in [1.165, 1.54) is 0 Å². The van der Waals surface area contributed by atoms with Gasteiger partial charge in [-0.3, -0.25) is 4.79 Å². The van der Waals surface area contributed by atoms with E-state index >= 15 is 0 Å². The number of aliphatic carboxylic acids is 1. The first kappa shape index (κ1) is 17.1. The zero-order chi connectivity index (χ0) is 17.3. The number of urea groups is 1. The molecule has 3 atom stereocenters. The molecule has 2 aliphatic heterocycles. The molecule has 1 fully saturated rings. The van der Waals surface area contributed by atoms with Crippen LogP contribution in [-0.4, -0.2) is 41.7 Å². The van der Waals surface area contributed by atoms with Crippen LogP contribution < -0.4 is 10.1 Å². The minimum atomic E-state index is -0.834. The van der Waals surface area contributed by atoms with Crippen LogP contribution in [0.2, 0.25) is 0 Å². The van der Waals surface area contributed by atoms with E-state index in [1.54, 1.807) is 4.90 Å². The number of ether oxygens (including phenoxy) is 1. The van der Waals surface area contributed by atoms with Crippen LogP contribution in [0.1, 0.15) is 31.4 Å². The van der Waals surface area contributed by atoms with Crippen LogP contribution >= 0.6 is 15.9 Å². The Bertz CT molecular complexity index is 651. The number of hydrogen-bond donors (Lipinski definition) is 2. The molecule has 3 unspecified atom stereocenters. The van der Waals surface area contributed by atoms with Crippen molar-refractivity contribution in [3.63, 3.8) is 0 Å². The second-order valence-corrected chi connectivity index (χ2v) is 7.52. The third-order valence-corrected chi connectivity index (χ3v) is 5.10. The minimum Gasteiger partial charge on any atom is -0.493 e. The van der Waals surface area contributed by atoms with Crippen LogP contribution in [0.5, 0.6) is 5.75 Å². The fourth-order valence-electron chi connectivity index (χ4n) is 3.45. The molecular weight excluding hydrogens is 376 g/mol. The third kappa shape index (κ3) is 3.66. The number of benzene rings is 1. The number of piperidine rings is 1. The molecule has 2 amide bonds. The molecule has 1 saturated heterocycles. The Kier molecular flexibility index (Phi) is 4.99. The predicted octanol–water partition coefficient (Wildman–Crippen LogP) is 3.02. The quantitative estimate of drug-likeness (QED) is 0.804. The lowest BCUT2D eigenvalue weighted by Crippen LogP contribution is -2.50. The van der Waals surface area contributed by atoms with Gasteiger partial charge in [0.05, 0.1) is 18.6 Å². The lowest BCUT2D eigenvalue weighted by molar-refractivity contribution is -0.143. The van der Waals surface area contributed by atoms with Crippen LogP contribution in [0, 0.1) is 11.8 Å². The van der Waals surface area contributed by atoms with Gasteiger partial charge in [-0.15, -0.1) is 0 Å². The molecule has 0 bridgehead atoms. The van der Waals surface area contributed by atoms with Crippen molar-refractivity contribution in [1.29, 1.82) is 0 Å². The van der Waals surface area contributed by atoms with Crippen molar-refractivity contribution in [3.05, 3.63) is 28.2 Å². The van der Waals surface area contributed by atoms with E-state index in [0.29, 0.717) is 26.0 Å². The number of fused-ring (bicyclic) bond motifs is 1. The van der Waals surface area contributed by atoms with Crippen molar-refractivity contribution >= 4 is 27.9 Å². The van der Waals surface area contributed by atoms with Crippen molar-refractivity contribution < 1.29 is 19.4 Å². The maximum absolute atomic E-state index is 12.6. The molecule has 0 aliphatic carbocycles. The summed E-state index contributed by atoms with van der Waals surface area (Å²) >= 11 is 3.45. The summed E-state index contributed by atoms with van der Waals surface area (Å²) in [4.78, 5) is 25.5. The molecule has 2 N–H and O–H groups in total. The molecule has 1 aromatic rings. The van der Waals surface area contributed by atoms with E-state index < -0.39 is 11.9 Å². The second-order valence-electron chi connectivity index (χ2n) is 6.60. The number of carboxylic acids is 1. The van der Waals surface area contributed by atoms with Crippen LogP contribution in [0.25, 0.3) is 0 Å². The Labute approximate surface area is 149 Å². The Morgan fingerprint density at radius 3 is 2.92 bits per heavy atom. The van der Waals surface area contributed by atoms with Gasteiger partial charge in [0.15, 0.2) is 0 Å². The fourth-order valence-corrected chi connectivity index (χ4v) is 3.83. The van der Waals surface area contributed by atoms with Gasteiger partial charge in [0, 0.05) is 29.5 Å². The number of rotatable bonds is 2. The van der Waals surface area contributed by atoms with Gasteiger partial charge >= 0.3 is 12.0 Å². The van der Waals surface area contributed by atoms with E-state index in [-0.39, 0.29) is 24.5 Å². The average molecular weight is 397 g/mol. The number of nitrogens with zero attached hydrogens (tertiary/aromatic N) is 1.